The van der Waals surface area contributed by atoms with E-state index in [4.69, 9.17) is 9.47 Å². The maximum Gasteiger partial charge on any atom is 0.231 e. The van der Waals surface area contributed by atoms with Crippen LogP contribution in [-0.2, 0) is 23.2 Å². The first-order chi connectivity index (χ1) is 15.0. The van der Waals surface area contributed by atoms with Crippen molar-refractivity contribution in [3.05, 3.63) is 76.6 Å². The SMILES string of the molecule is Cc1c(-c2ccccc2CO)cnc(CC(=O)C2(c3ccc4c(c3)OCO4)CC2)c1C.[HH]. The van der Waals surface area contributed by atoms with Gasteiger partial charge in [0.2, 0.25) is 6.79 Å². The molecule has 1 aliphatic heterocycles. The molecule has 1 saturated carbocycles. The number of rotatable bonds is 6. The van der Waals surface area contributed by atoms with Crippen LogP contribution in [-0.4, -0.2) is 22.7 Å². The molecule has 1 aliphatic carbocycles. The number of aromatic nitrogens is 1. The van der Waals surface area contributed by atoms with Crippen LogP contribution in [0.1, 0.15) is 42.2 Å². The molecule has 0 saturated heterocycles. The molecule has 5 heteroatoms. The van der Waals surface area contributed by atoms with Gasteiger partial charge in [-0.1, -0.05) is 30.3 Å². The Hall–Kier alpha value is -3.18. The first kappa shape index (κ1) is 19.8. The molecule has 5 nitrogen and oxygen atoms in total. The van der Waals surface area contributed by atoms with E-state index in [-0.39, 0.29) is 20.6 Å². The Bertz CT molecular complexity index is 1190. The number of ketones is 1. The number of carbonyl (C=O) groups excluding carboxylic acids is 1. The molecule has 0 bridgehead atoms. The molecule has 2 aromatic carbocycles. The Balaban J connectivity index is 0.00000245. The monoisotopic (exact) mass is 417 g/mol. The van der Waals surface area contributed by atoms with E-state index in [2.05, 4.69) is 11.9 Å². The fourth-order valence-corrected chi connectivity index (χ4v) is 4.49. The minimum absolute atomic E-state index is 0. The van der Waals surface area contributed by atoms with E-state index in [1.54, 1.807) is 0 Å². The molecule has 1 fully saturated rings. The molecular weight excluding hydrogens is 390 g/mol. The molecule has 5 rings (SSSR count). The summed E-state index contributed by atoms with van der Waals surface area (Å²) in [5.74, 6) is 1.65. The van der Waals surface area contributed by atoms with Gasteiger partial charge in [0.05, 0.1) is 17.7 Å². The van der Waals surface area contributed by atoms with E-state index in [0.29, 0.717) is 12.2 Å². The highest BCUT2D eigenvalue weighted by molar-refractivity contribution is 5.95. The number of aliphatic hydroxyl groups excluding tert-OH is 1. The summed E-state index contributed by atoms with van der Waals surface area (Å²) in [6.45, 7) is 4.29. The molecule has 0 amide bonds. The molecule has 0 atom stereocenters. The zero-order valence-electron chi connectivity index (χ0n) is 17.8. The number of hydrogen-bond acceptors (Lipinski definition) is 5. The molecule has 1 N–H and O–H groups in total. The number of nitrogens with zero attached hydrogens (tertiary/aromatic N) is 1. The van der Waals surface area contributed by atoms with E-state index in [1.165, 1.54) is 0 Å². The summed E-state index contributed by atoms with van der Waals surface area (Å²) in [6, 6.07) is 13.6. The molecule has 2 heterocycles. The predicted octanol–water partition coefficient (Wildman–Crippen LogP) is 4.68. The second-order valence-corrected chi connectivity index (χ2v) is 8.43. The number of Topliss-reactive ketones (excluding diaryl/α,β-unsaturated/α-hetero) is 1. The van der Waals surface area contributed by atoms with Gasteiger partial charge in [0, 0.05) is 19.6 Å². The molecule has 0 radical (unpaired) electrons. The first-order valence-corrected chi connectivity index (χ1v) is 10.6. The molecule has 31 heavy (non-hydrogen) atoms. The van der Waals surface area contributed by atoms with Crippen LogP contribution in [0.4, 0.5) is 0 Å². The summed E-state index contributed by atoms with van der Waals surface area (Å²) >= 11 is 0. The van der Waals surface area contributed by atoms with Crippen molar-refractivity contribution in [1.29, 1.82) is 0 Å². The lowest BCUT2D eigenvalue weighted by Crippen LogP contribution is -2.23. The first-order valence-electron chi connectivity index (χ1n) is 10.6. The highest BCUT2D eigenvalue weighted by Gasteiger charge is 2.51. The molecule has 2 aliphatic rings. The lowest BCUT2D eigenvalue weighted by Gasteiger charge is -2.18. The van der Waals surface area contributed by atoms with Crippen LogP contribution in [0, 0.1) is 13.8 Å². The summed E-state index contributed by atoms with van der Waals surface area (Å²) in [4.78, 5) is 18.0. The number of fused-ring (bicyclic) bond motifs is 1. The maximum absolute atomic E-state index is 13.4. The van der Waals surface area contributed by atoms with Gasteiger partial charge in [0.25, 0.3) is 0 Å². The van der Waals surface area contributed by atoms with Gasteiger partial charge in [-0.3, -0.25) is 9.78 Å². The second-order valence-electron chi connectivity index (χ2n) is 8.43. The third-order valence-corrected chi connectivity index (χ3v) is 6.76. The van der Waals surface area contributed by atoms with Gasteiger partial charge in [-0.15, -0.1) is 0 Å². The fraction of sp³-hybridized carbons (Fsp3) is 0.308. The largest absolute Gasteiger partial charge is 0.454 e. The van der Waals surface area contributed by atoms with Gasteiger partial charge in [0.15, 0.2) is 11.5 Å². The van der Waals surface area contributed by atoms with Gasteiger partial charge in [-0.05, 0) is 66.6 Å². The zero-order valence-corrected chi connectivity index (χ0v) is 17.8. The number of aliphatic hydroxyl groups is 1. The minimum atomic E-state index is -0.439. The molecule has 1 aromatic heterocycles. The topological polar surface area (TPSA) is 68.7 Å². The van der Waals surface area contributed by atoms with E-state index in [0.717, 1.165) is 57.7 Å². The highest BCUT2D eigenvalue weighted by Crippen LogP contribution is 2.51. The number of benzene rings is 2. The van der Waals surface area contributed by atoms with E-state index in [1.807, 2.05) is 55.6 Å². The standard InChI is InChI=1S/C26H25NO4.H2/c1-16-17(2)22(27-13-21(16)20-6-4-3-5-18(20)14-28)12-25(29)26(9-10-26)19-7-8-23-24(11-19)31-15-30-23;/h3-8,11,13,28H,9-10,12,14-15H2,1-2H3;1H. The minimum Gasteiger partial charge on any atom is -0.454 e. The predicted molar refractivity (Wildman–Crippen MR) is 119 cm³/mol. The van der Waals surface area contributed by atoms with Crippen molar-refractivity contribution < 1.29 is 20.8 Å². The zero-order chi connectivity index (χ0) is 21.6. The Morgan fingerprint density at radius 3 is 2.61 bits per heavy atom. The summed E-state index contributed by atoms with van der Waals surface area (Å²) in [5, 5.41) is 9.69. The molecular formula is C26H27NO4. The van der Waals surface area contributed by atoms with Crippen molar-refractivity contribution in [3.8, 4) is 22.6 Å². The summed E-state index contributed by atoms with van der Waals surface area (Å²) in [7, 11) is 0. The van der Waals surface area contributed by atoms with Gasteiger partial charge in [-0.25, -0.2) is 0 Å². The van der Waals surface area contributed by atoms with E-state index < -0.39 is 5.41 Å². The molecule has 0 unspecified atom stereocenters. The normalized spacial score (nSPS) is 15.7. The van der Waals surface area contributed by atoms with Gasteiger partial charge in [0.1, 0.15) is 5.78 Å². The lowest BCUT2D eigenvalue weighted by molar-refractivity contribution is -0.120. The van der Waals surface area contributed by atoms with E-state index in [9.17, 15) is 9.90 Å². The summed E-state index contributed by atoms with van der Waals surface area (Å²) in [6.07, 6.45) is 3.85. The third kappa shape index (κ3) is 3.29. The third-order valence-electron chi connectivity index (χ3n) is 6.76. The van der Waals surface area contributed by atoms with Gasteiger partial charge in [-0.2, -0.15) is 0 Å². The van der Waals surface area contributed by atoms with Crippen LogP contribution in [0.5, 0.6) is 11.5 Å². The van der Waals surface area contributed by atoms with Crippen molar-refractivity contribution in [2.24, 2.45) is 0 Å². The average molecular weight is 418 g/mol. The quantitative estimate of drug-likeness (QED) is 0.631. The number of ether oxygens (including phenoxy) is 2. The number of pyridine rings is 1. The lowest BCUT2D eigenvalue weighted by atomic mass is 9.87. The number of carbonyl (C=O) groups is 1. The average Bonchev–Trinajstić information content (AvgIpc) is 3.48. The molecule has 160 valence electrons. The van der Waals surface area contributed by atoms with E-state index >= 15 is 0 Å². The van der Waals surface area contributed by atoms with Crippen LogP contribution >= 0.6 is 0 Å². The van der Waals surface area contributed by atoms with Crippen molar-refractivity contribution in [2.75, 3.05) is 6.79 Å². The molecule has 3 aromatic rings. The van der Waals surface area contributed by atoms with Crippen molar-refractivity contribution >= 4 is 5.78 Å². The summed E-state index contributed by atoms with van der Waals surface area (Å²) < 4.78 is 10.9. The van der Waals surface area contributed by atoms with Crippen molar-refractivity contribution in [2.45, 2.75) is 45.1 Å². The Labute approximate surface area is 183 Å². The summed E-state index contributed by atoms with van der Waals surface area (Å²) in [5.41, 5.74) is 6.35. The Kier molecular flexibility index (Phi) is 4.78. The molecule has 0 spiro atoms. The van der Waals surface area contributed by atoms with Crippen LogP contribution in [0.3, 0.4) is 0 Å². The van der Waals surface area contributed by atoms with Crippen LogP contribution in [0.2, 0.25) is 0 Å². The van der Waals surface area contributed by atoms with Gasteiger partial charge >= 0.3 is 0 Å². The Morgan fingerprint density at radius 2 is 1.84 bits per heavy atom. The highest BCUT2D eigenvalue weighted by atomic mass is 16.7. The second kappa shape index (κ2) is 7.50. The van der Waals surface area contributed by atoms with Crippen LogP contribution in [0.15, 0.2) is 48.7 Å². The van der Waals surface area contributed by atoms with Crippen molar-refractivity contribution in [1.82, 2.24) is 4.98 Å². The van der Waals surface area contributed by atoms with Crippen LogP contribution in [0.25, 0.3) is 11.1 Å². The van der Waals surface area contributed by atoms with Crippen LogP contribution < -0.4 is 9.47 Å². The maximum atomic E-state index is 13.4. The smallest absolute Gasteiger partial charge is 0.231 e. The van der Waals surface area contributed by atoms with Crippen molar-refractivity contribution in [3.63, 3.8) is 0 Å². The van der Waals surface area contributed by atoms with Gasteiger partial charge < -0.3 is 14.6 Å². The number of hydrogen-bond donors (Lipinski definition) is 1. The fourth-order valence-electron chi connectivity index (χ4n) is 4.49. The Morgan fingerprint density at radius 1 is 1.06 bits per heavy atom.